The molecule has 0 rings (SSSR count). The lowest BCUT2D eigenvalue weighted by atomic mass is 10.1. The molecular weight excluding hydrogens is 164 g/mol. The lowest BCUT2D eigenvalue weighted by Crippen LogP contribution is -2.38. The summed E-state index contributed by atoms with van der Waals surface area (Å²) in [4.78, 5) is 2.16. The Morgan fingerprint density at radius 3 is 2.46 bits per heavy atom. The summed E-state index contributed by atoms with van der Waals surface area (Å²) in [7, 11) is 0. The van der Waals surface area contributed by atoms with E-state index in [2.05, 4.69) is 17.9 Å². The number of hydrogen-bond acceptors (Lipinski definition) is 3. The van der Waals surface area contributed by atoms with E-state index < -0.39 is 5.60 Å². The maximum Gasteiger partial charge on any atom is 0.0718 e. The number of rotatable bonds is 6. The molecule has 0 saturated heterocycles. The fraction of sp³-hybridized carbons (Fsp3) is 0.900. The van der Waals surface area contributed by atoms with Crippen molar-refractivity contribution in [2.24, 2.45) is 0 Å². The van der Waals surface area contributed by atoms with Gasteiger partial charge in [-0.05, 0) is 33.4 Å². The quantitative estimate of drug-likeness (QED) is 0.634. The number of nitriles is 1. The van der Waals surface area contributed by atoms with Crippen LogP contribution in [0.4, 0.5) is 0 Å². The van der Waals surface area contributed by atoms with Gasteiger partial charge in [0.2, 0.25) is 0 Å². The number of likely N-dealkylation sites (N-methyl/N-ethyl adjacent to an activating group) is 1. The first-order valence-corrected chi connectivity index (χ1v) is 4.81. The van der Waals surface area contributed by atoms with E-state index in [-0.39, 0.29) is 0 Å². The highest BCUT2D eigenvalue weighted by Crippen LogP contribution is 2.05. The van der Waals surface area contributed by atoms with Gasteiger partial charge in [0.15, 0.2) is 0 Å². The van der Waals surface area contributed by atoms with Crippen LogP contribution in [0.25, 0.3) is 0 Å². The highest BCUT2D eigenvalue weighted by molar-refractivity contribution is 4.74. The molecule has 0 spiro atoms. The van der Waals surface area contributed by atoms with Crippen molar-refractivity contribution in [2.75, 3.05) is 19.6 Å². The van der Waals surface area contributed by atoms with Gasteiger partial charge < -0.3 is 10.0 Å². The van der Waals surface area contributed by atoms with Crippen molar-refractivity contribution < 1.29 is 5.11 Å². The molecule has 0 fully saturated rings. The van der Waals surface area contributed by atoms with E-state index in [9.17, 15) is 5.11 Å². The molecule has 3 heteroatoms. The Morgan fingerprint density at radius 1 is 1.46 bits per heavy atom. The average Bonchev–Trinajstić information content (AvgIpc) is 2.01. The fourth-order valence-corrected chi connectivity index (χ4v) is 1.28. The van der Waals surface area contributed by atoms with E-state index in [1.807, 2.05) is 0 Å². The molecular formula is C10H20N2O. The van der Waals surface area contributed by atoms with Gasteiger partial charge in [-0.15, -0.1) is 0 Å². The summed E-state index contributed by atoms with van der Waals surface area (Å²) in [6.45, 7) is 8.18. The Hall–Kier alpha value is -0.590. The van der Waals surface area contributed by atoms with Crippen LogP contribution in [-0.4, -0.2) is 35.2 Å². The van der Waals surface area contributed by atoms with Gasteiger partial charge in [-0.1, -0.05) is 6.92 Å². The molecule has 0 aliphatic rings. The van der Waals surface area contributed by atoms with Gasteiger partial charge in [0.1, 0.15) is 0 Å². The van der Waals surface area contributed by atoms with Gasteiger partial charge >= 0.3 is 0 Å². The molecule has 76 valence electrons. The van der Waals surface area contributed by atoms with E-state index >= 15 is 0 Å². The molecule has 0 amide bonds. The zero-order valence-electron chi connectivity index (χ0n) is 8.88. The first kappa shape index (κ1) is 12.4. The Kier molecular flexibility index (Phi) is 5.68. The molecule has 1 N–H and O–H groups in total. The molecule has 0 radical (unpaired) electrons. The second kappa shape index (κ2) is 5.95. The lowest BCUT2D eigenvalue weighted by molar-refractivity contribution is 0.0377. The van der Waals surface area contributed by atoms with Crippen LogP contribution in [0.15, 0.2) is 0 Å². The van der Waals surface area contributed by atoms with Crippen molar-refractivity contribution in [1.29, 1.82) is 5.26 Å². The molecule has 13 heavy (non-hydrogen) atoms. The Balaban J connectivity index is 3.71. The standard InChI is InChI=1S/C10H20N2O/c1-4-12(8-6-5-7-11)9-10(2,3)13/h13H,4-6,8-9H2,1-3H3. The summed E-state index contributed by atoms with van der Waals surface area (Å²) in [6, 6.07) is 2.12. The Labute approximate surface area is 81.0 Å². The maximum atomic E-state index is 9.57. The number of hydrogen-bond donors (Lipinski definition) is 1. The third-order valence-electron chi connectivity index (χ3n) is 1.82. The second-order valence-corrected chi connectivity index (χ2v) is 3.94. The molecule has 0 aliphatic carbocycles. The number of nitrogens with zero attached hydrogens (tertiary/aromatic N) is 2. The number of unbranched alkanes of at least 4 members (excludes halogenated alkanes) is 1. The summed E-state index contributed by atoms with van der Waals surface area (Å²) < 4.78 is 0. The average molecular weight is 184 g/mol. The highest BCUT2D eigenvalue weighted by atomic mass is 16.3. The number of aliphatic hydroxyl groups is 1. The summed E-state index contributed by atoms with van der Waals surface area (Å²) in [5, 5.41) is 17.9. The summed E-state index contributed by atoms with van der Waals surface area (Å²) >= 11 is 0. The Bertz CT molecular complexity index is 167. The van der Waals surface area contributed by atoms with Crippen molar-refractivity contribution in [3.63, 3.8) is 0 Å². The van der Waals surface area contributed by atoms with Crippen molar-refractivity contribution >= 4 is 0 Å². The van der Waals surface area contributed by atoms with Crippen LogP contribution in [0.1, 0.15) is 33.6 Å². The predicted molar refractivity (Wildman–Crippen MR) is 53.3 cm³/mol. The molecule has 0 bridgehead atoms. The summed E-state index contributed by atoms with van der Waals surface area (Å²) in [5.41, 5.74) is -0.636. The van der Waals surface area contributed by atoms with E-state index in [1.165, 1.54) is 0 Å². The zero-order valence-corrected chi connectivity index (χ0v) is 8.88. The lowest BCUT2D eigenvalue weighted by Gasteiger charge is -2.27. The van der Waals surface area contributed by atoms with E-state index in [4.69, 9.17) is 5.26 Å². The van der Waals surface area contributed by atoms with Crippen LogP contribution in [0.2, 0.25) is 0 Å². The monoisotopic (exact) mass is 184 g/mol. The predicted octanol–water partition coefficient (Wildman–Crippen LogP) is 1.38. The van der Waals surface area contributed by atoms with Crippen LogP contribution in [-0.2, 0) is 0 Å². The van der Waals surface area contributed by atoms with E-state index in [0.29, 0.717) is 13.0 Å². The van der Waals surface area contributed by atoms with E-state index in [0.717, 1.165) is 19.5 Å². The molecule has 0 heterocycles. The first-order chi connectivity index (χ1) is 5.99. The summed E-state index contributed by atoms with van der Waals surface area (Å²) in [5.74, 6) is 0. The van der Waals surface area contributed by atoms with Crippen LogP contribution >= 0.6 is 0 Å². The van der Waals surface area contributed by atoms with Gasteiger partial charge in [-0.3, -0.25) is 0 Å². The molecule has 0 saturated carbocycles. The maximum absolute atomic E-state index is 9.57. The summed E-state index contributed by atoms with van der Waals surface area (Å²) in [6.07, 6.45) is 1.49. The van der Waals surface area contributed by atoms with Crippen LogP contribution < -0.4 is 0 Å². The van der Waals surface area contributed by atoms with Gasteiger partial charge in [0.25, 0.3) is 0 Å². The molecule has 0 aliphatic heterocycles. The van der Waals surface area contributed by atoms with Gasteiger partial charge in [0.05, 0.1) is 11.7 Å². The van der Waals surface area contributed by atoms with Crippen LogP contribution in [0.3, 0.4) is 0 Å². The van der Waals surface area contributed by atoms with Crippen LogP contribution in [0.5, 0.6) is 0 Å². The third kappa shape index (κ3) is 7.76. The topological polar surface area (TPSA) is 47.3 Å². The fourth-order valence-electron chi connectivity index (χ4n) is 1.28. The molecule has 0 aromatic carbocycles. The van der Waals surface area contributed by atoms with Crippen molar-refractivity contribution in [1.82, 2.24) is 4.90 Å². The second-order valence-electron chi connectivity index (χ2n) is 3.94. The molecule has 0 aromatic heterocycles. The zero-order chi connectivity index (χ0) is 10.3. The van der Waals surface area contributed by atoms with Crippen LogP contribution in [0, 0.1) is 11.3 Å². The van der Waals surface area contributed by atoms with E-state index in [1.54, 1.807) is 13.8 Å². The first-order valence-electron chi connectivity index (χ1n) is 4.81. The molecule has 0 unspecified atom stereocenters. The van der Waals surface area contributed by atoms with Crippen molar-refractivity contribution in [2.45, 2.75) is 39.2 Å². The SMILES string of the molecule is CCN(CCCC#N)CC(C)(C)O. The highest BCUT2D eigenvalue weighted by Gasteiger charge is 2.16. The Morgan fingerprint density at radius 2 is 2.08 bits per heavy atom. The van der Waals surface area contributed by atoms with Crippen molar-refractivity contribution in [3.05, 3.63) is 0 Å². The third-order valence-corrected chi connectivity index (χ3v) is 1.82. The van der Waals surface area contributed by atoms with Gasteiger partial charge in [0, 0.05) is 13.0 Å². The largest absolute Gasteiger partial charge is 0.389 e. The smallest absolute Gasteiger partial charge is 0.0718 e. The molecule has 3 nitrogen and oxygen atoms in total. The van der Waals surface area contributed by atoms with Gasteiger partial charge in [-0.25, -0.2) is 0 Å². The minimum atomic E-state index is -0.636. The minimum absolute atomic E-state index is 0.600. The molecule has 0 aromatic rings. The minimum Gasteiger partial charge on any atom is -0.389 e. The van der Waals surface area contributed by atoms with Gasteiger partial charge in [-0.2, -0.15) is 5.26 Å². The normalized spacial score (nSPS) is 11.7. The van der Waals surface area contributed by atoms with Crippen molar-refractivity contribution in [3.8, 4) is 6.07 Å². The molecule has 0 atom stereocenters.